The van der Waals surface area contributed by atoms with Crippen molar-refractivity contribution in [2.45, 2.75) is 20.8 Å². The van der Waals surface area contributed by atoms with E-state index in [9.17, 15) is 9.59 Å². The summed E-state index contributed by atoms with van der Waals surface area (Å²) < 4.78 is 16.0. The van der Waals surface area contributed by atoms with Crippen molar-refractivity contribution in [2.24, 2.45) is 0 Å². The van der Waals surface area contributed by atoms with Gasteiger partial charge in [-0.1, -0.05) is 0 Å². The Kier molecular flexibility index (Phi) is 5.35. The van der Waals surface area contributed by atoms with Crippen molar-refractivity contribution in [2.75, 3.05) is 18.5 Å². The largest absolute Gasteiger partial charge is 0.467 e. The van der Waals surface area contributed by atoms with Crippen molar-refractivity contribution in [3.63, 3.8) is 0 Å². The molecular formula is C19H19N3O5. The molecule has 0 bridgehead atoms. The van der Waals surface area contributed by atoms with E-state index in [-0.39, 0.29) is 12.5 Å². The third kappa shape index (κ3) is 4.05. The molecule has 1 amide bonds. The van der Waals surface area contributed by atoms with Crippen molar-refractivity contribution in [1.29, 1.82) is 0 Å². The van der Waals surface area contributed by atoms with Gasteiger partial charge in [0, 0.05) is 11.3 Å². The molecule has 8 heteroatoms. The van der Waals surface area contributed by atoms with Gasteiger partial charge >= 0.3 is 5.97 Å². The molecule has 0 saturated heterocycles. The second kappa shape index (κ2) is 7.86. The fraction of sp³-hybridized carbons (Fsp3) is 0.263. The van der Waals surface area contributed by atoms with Crippen molar-refractivity contribution in [3.8, 4) is 5.88 Å². The molecule has 3 rings (SSSR count). The Balaban J connectivity index is 1.63. The van der Waals surface area contributed by atoms with Crippen molar-refractivity contribution < 1.29 is 23.5 Å². The first-order valence-electron chi connectivity index (χ1n) is 8.40. The summed E-state index contributed by atoms with van der Waals surface area (Å²) in [6, 6.07) is 6.41. The highest BCUT2D eigenvalue weighted by Crippen LogP contribution is 2.29. The van der Waals surface area contributed by atoms with Gasteiger partial charge in [-0.25, -0.2) is 14.8 Å². The number of furan rings is 1. The number of nitrogens with one attached hydrogen (secondary N) is 1. The smallest absolute Gasteiger partial charge is 0.338 e. The van der Waals surface area contributed by atoms with E-state index in [1.54, 1.807) is 31.2 Å². The standard InChI is InChI=1S/C19H19N3O5/c1-4-25-19(24)13-5-7-14(8-6-13)22-15(23)9-26-17-16-11(2)12(3)27-18(16)21-10-20-17/h5-8,10H,4,9H2,1-3H3,(H,22,23). The van der Waals surface area contributed by atoms with E-state index in [2.05, 4.69) is 15.3 Å². The number of carbonyl (C=O) groups excluding carboxylic acids is 2. The molecule has 3 aromatic rings. The number of aryl methyl sites for hydroxylation is 2. The lowest BCUT2D eigenvalue weighted by Gasteiger charge is -2.08. The highest BCUT2D eigenvalue weighted by molar-refractivity contribution is 5.94. The van der Waals surface area contributed by atoms with Gasteiger partial charge in [0.1, 0.15) is 17.5 Å². The summed E-state index contributed by atoms with van der Waals surface area (Å²) >= 11 is 0. The third-order valence-corrected chi connectivity index (χ3v) is 3.95. The second-order valence-corrected chi connectivity index (χ2v) is 5.78. The maximum atomic E-state index is 12.1. The Morgan fingerprint density at radius 1 is 1.15 bits per heavy atom. The van der Waals surface area contributed by atoms with Gasteiger partial charge in [-0.2, -0.15) is 0 Å². The zero-order valence-corrected chi connectivity index (χ0v) is 15.2. The summed E-state index contributed by atoms with van der Waals surface area (Å²) in [6.45, 7) is 5.52. The SMILES string of the molecule is CCOC(=O)c1ccc(NC(=O)COc2ncnc3oc(C)c(C)c23)cc1. The molecular weight excluding hydrogens is 350 g/mol. The van der Waals surface area contributed by atoms with Crippen LogP contribution < -0.4 is 10.1 Å². The molecule has 1 aromatic carbocycles. The van der Waals surface area contributed by atoms with Crippen LogP contribution in [0.3, 0.4) is 0 Å². The first-order valence-corrected chi connectivity index (χ1v) is 8.40. The lowest BCUT2D eigenvalue weighted by atomic mass is 10.2. The molecule has 0 spiro atoms. The fourth-order valence-electron chi connectivity index (χ4n) is 2.49. The number of amides is 1. The van der Waals surface area contributed by atoms with E-state index < -0.39 is 5.97 Å². The Hall–Kier alpha value is -3.42. The summed E-state index contributed by atoms with van der Waals surface area (Å²) in [5.41, 5.74) is 2.25. The molecule has 27 heavy (non-hydrogen) atoms. The summed E-state index contributed by atoms with van der Waals surface area (Å²) in [5.74, 6) is 0.254. The molecule has 1 N–H and O–H groups in total. The summed E-state index contributed by atoms with van der Waals surface area (Å²) in [6.07, 6.45) is 1.33. The number of fused-ring (bicyclic) bond motifs is 1. The summed E-state index contributed by atoms with van der Waals surface area (Å²) in [7, 11) is 0. The summed E-state index contributed by atoms with van der Waals surface area (Å²) in [5, 5.41) is 3.35. The van der Waals surface area contributed by atoms with Gasteiger partial charge in [0.15, 0.2) is 6.61 Å². The van der Waals surface area contributed by atoms with Gasteiger partial charge in [-0.3, -0.25) is 4.79 Å². The van der Waals surface area contributed by atoms with Crippen LogP contribution in [0.2, 0.25) is 0 Å². The molecule has 0 aliphatic rings. The quantitative estimate of drug-likeness (QED) is 0.666. The van der Waals surface area contributed by atoms with E-state index in [1.165, 1.54) is 6.33 Å². The maximum Gasteiger partial charge on any atom is 0.338 e. The molecule has 8 nitrogen and oxygen atoms in total. The van der Waals surface area contributed by atoms with E-state index in [0.29, 0.717) is 34.8 Å². The first kappa shape index (κ1) is 18.4. The molecule has 2 aromatic heterocycles. The Morgan fingerprint density at radius 3 is 2.59 bits per heavy atom. The minimum absolute atomic E-state index is 0.227. The van der Waals surface area contributed by atoms with Gasteiger partial charge in [0.2, 0.25) is 11.6 Å². The van der Waals surface area contributed by atoms with Crippen LogP contribution in [-0.2, 0) is 9.53 Å². The molecule has 0 saturated carbocycles. The number of hydrogen-bond donors (Lipinski definition) is 1. The van der Waals surface area contributed by atoms with Crippen LogP contribution in [0, 0.1) is 13.8 Å². The molecule has 140 valence electrons. The minimum Gasteiger partial charge on any atom is -0.467 e. The van der Waals surface area contributed by atoms with Crippen LogP contribution in [0.1, 0.15) is 28.6 Å². The van der Waals surface area contributed by atoms with E-state index in [4.69, 9.17) is 13.9 Å². The highest BCUT2D eigenvalue weighted by atomic mass is 16.5. The molecule has 0 aliphatic heterocycles. The predicted molar refractivity (Wildman–Crippen MR) is 97.8 cm³/mol. The number of ether oxygens (including phenoxy) is 2. The molecule has 0 aliphatic carbocycles. The van der Waals surface area contributed by atoms with Gasteiger partial charge in [-0.05, 0) is 45.0 Å². The Labute approximate surface area is 155 Å². The van der Waals surface area contributed by atoms with Crippen LogP contribution >= 0.6 is 0 Å². The molecule has 0 fully saturated rings. The number of nitrogens with zero attached hydrogens (tertiary/aromatic N) is 2. The number of hydrogen-bond acceptors (Lipinski definition) is 7. The van der Waals surface area contributed by atoms with Crippen LogP contribution in [-0.4, -0.2) is 35.1 Å². The van der Waals surface area contributed by atoms with Crippen molar-refractivity contribution >= 4 is 28.7 Å². The van der Waals surface area contributed by atoms with Crippen molar-refractivity contribution in [1.82, 2.24) is 9.97 Å². The summed E-state index contributed by atoms with van der Waals surface area (Å²) in [4.78, 5) is 31.9. The number of benzene rings is 1. The first-order chi connectivity index (χ1) is 13.0. The zero-order valence-electron chi connectivity index (χ0n) is 15.2. The number of carbonyl (C=O) groups is 2. The molecule has 0 unspecified atom stereocenters. The van der Waals surface area contributed by atoms with Crippen LogP contribution in [0.25, 0.3) is 11.1 Å². The van der Waals surface area contributed by atoms with Gasteiger partial charge < -0.3 is 19.2 Å². The molecule has 2 heterocycles. The number of esters is 1. The van der Waals surface area contributed by atoms with Crippen LogP contribution in [0.15, 0.2) is 35.0 Å². The van der Waals surface area contributed by atoms with Crippen LogP contribution in [0.4, 0.5) is 5.69 Å². The average molecular weight is 369 g/mol. The van der Waals surface area contributed by atoms with E-state index in [1.807, 2.05) is 13.8 Å². The molecule has 0 radical (unpaired) electrons. The van der Waals surface area contributed by atoms with Gasteiger partial charge in [-0.15, -0.1) is 0 Å². The van der Waals surface area contributed by atoms with Gasteiger partial charge in [0.25, 0.3) is 5.91 Å². The van der Waals surface area contributed by atoms with Crippen LogP contribution in [0.5, 0.6) is 5.88 Å². The lowest BCUT2D eigenvalue weighted by molar-refractivity contribution is -0.118. The Bertz CT molecular complexity index is 979. The van der Waals surface area contributed by atoms with E-state index in [0.717, 1.165) is 11.3 Å². The maximum absolute atomic E-state index is 12.1. The lowest BCUT2D eigenvalue weighted by Crippen LogP contribution is -2.20. The topological polar surface area (TPSA) is 104 Å². The number of aromatic nitrogens is 2. The van der Waals surface area contributed by atoms with E-state index >= 15 is 0 Å². The number of anilines is 1. The Morgan fingerprint density at radius 2 is 1.89 bits per heavy atom. The van der Waals surface area contributed by atoms with Crippen molar-refractivity contribution in [3.05, 3.63) is 47.5 Å². The average Bonchev–Trinajstić information content (AvgIpc) is 2.95. The highest BCUT2D eigenvalue weighted by Gasteiger charge is 2.16. The molecule has 0 atom stereocenters. The third-order valence-electron chi connectivity index (χ3n) is 3.95. The predicted octanol–water partition coefficient (Wildman–Crippen LogP) is 3.03. The zero-order chi connectivity index (χ0) is 19.4. The monoisotopic (exact) mass is 369 g/mol. The number of rotatable bonds is 6. The van der Waals surface area contributed by atoms with Gasteiger partial charge in [0.05, 0.1) is 12.2 Å². The minimum atomic E-state index is -0.405. The second-order valence-electron chi connectivity index (χ2n) is 5.78. The fourth-order valence-corrected chi connectivity index (χ4v) is 2.49. The normalized spacial score (nSPS) is 10.6.